The number of carbonyl (C=O) groups is 1. The van der Waals surface area contributed by atoms with Crippen LogP contribution in [0.5, 0.6) is 0 Å². The summed E-state index contributed by atoms with van der Waals surface area (Å²) in [5.74, 6) is 2.45. The number of terminal acetylenes is 1. The van der Waals surface area contributed by atoms with Gasteiger partial charge in [0.25, 0.3) is 0 Å². The summed E-state index contributed by atoms with van der Waals surface area (Å²) in [6.45, 7) is 3.59. The van der Waals surface area contributed by atoms with Gasteiger partial charge < -0.3 is 5.32 Å². The number of hydrogen-bond donors (Lipinski definition) is 2. The Bertz CT molecular complexity index is 415. The van der Waals surface area contributed by atoms with Crippen LogP contribution in [0.2, 0.25) is 0 Å². The van der Waals surface area contributed by atoms with Crippen LogP contribution >= 0.6 is 12.6 Å². The summed E-state index contributed by atoms with van der Waals surface area (Å²) in [5, 5.41) is 2.77. The molecule has 1 aromatic rings. The number of thiol groups is 1. The molecular formula is C13H15NOS. The van der Waals surface area contributed by atoms with E-state index in [0.717, 1.165) is 10.5 Å². The SMILES string of the molecule is C#CC(C)(C)NC(=O)Cc1ccc(S)cc1. The first kappa shape index (κ1) is 12.7. The lowest BCUT2D eigenvalue weighted by molar-refractivity contribution is -0.121. The van der Waals surface area contributed by atoms with E-state index in [2.05, 4.69) is 23.9 Å². The van der Waals surface area contributed by atoms with Crippen molar-refractivity contribution in [1.82, 2.24) is 5.32 Å². The third-order valence-electron chi connectivity index (χ3n) is 2.11. The average Bonchev–Trinajstić information content (AvgIpc) is 2.21. The predicted octanol–water partition coefficient (Wildman–Crippen LogP) is 2.05. The van der Waals surface area contributed by atoms with Gasteiger partial charge in [-0.2, -0.15) is 0 Å². The maximum atomic E-state index is 11.6. The van der Waals surface area contributed by atoms with Crippen molar-refractivity contribution in [3.8, 4) is 12.3 Å². The Hall–Kier alpha value is -1.40. The average molecular weight is 233 g/mol. The minimum Gasteiger partial charge on any atom is -0.340 e. The van der Waals surface area contributed by atoms with Gasteiger partial charge in [-0.1, -0.05) is 18.1 Å². The molecule has 0 aliphatic carbocycles. The molecule has 0 radical (unpaired) electrons. The fourth-order valence-electron chi connectivity index (χ4n) is 1.23. The first-order valence-corrected chi connectivity index (χ1v) is 5.44. The Morgan fingerprint density at radius 3 is 2.50 bits per heavy atom. The number of carbonyl (C=O) groups excluding carboxylic acids is 1. The zero-order valence-electron chi connectivity index (χ0n) is 9.45. The minimum absolute atomic E-state index is 0.0742. The molecule has 0 aliphatic rings. The molecule has 0 fully saturated rings. The van der Waals surface area contributed by atoms with Gasteiger partial charge in [0, 0.05) is 4.90 Å². The van der Waals surface area contributed by atoms with Crippen LogP contribution in [0.1, 0.15) is 19.4 Å². The van der Waals surface area contributed by atoms with Gasteiger partial charge in [0.05, 0.1) is 12.0 Å². The molecule has 0 saturated heterocycles. The van der Waals surface area contributed by atoms with E-state index in [1.807, 2.05) is 24.3 Å². The molecule has 1 aromatic carbocycles. The van der Waals surface area contributed by atoms with E-state index in [4.69, 9.17) is 6.42 Å². The number of hydrogen-bond acceptors (Lipinski definition) is 2. The molecule has 0 atom stereocenters. The van der Waals surface area contributed by atoms with Gasteiger partial charge in [0.1, 0.15) is 0 Å². The third-order valence-corrected chi connectivity index (χ3v) is 2.41. The van der Waals surface area contributed by atoms with E-state index in [0.29, 0.717) is 6.42 Å². The minimum atomic E-state index is -0.597. The number of rotatable bonds is 3. The Morgan fingerprint density at radius 1 is 1.44 bits per heavy atom. The van der Waals surface area contributed by atoms with Crippen molar-refractivity contribution in [2.24, 2.45) is 0 Å². The molecule has 1 amide bonds. The quantitative estimate of drug-likeness (QED) is 0.607. The van der Waals surface area contributed by atoms with Gasteiger partial charge in [-0.3, -0.25) is 4.79 Å². The highest BCUT2D eigenvalue weighted by Gasteiger charge is 2.16. The second kappa shape index (κ2) is 5.09. The smallest absolute Gasteiger partial charge is 0.225 e. The molecule has 0 unspecified atom stereocenters. The van der Waals surface area contributed by atoms with Crippen LogP contribution in [0.15, 0.2) is 29.2 Å². The van der Waals surface area contributed by atoms with Crippen LogP contribution < -0.4 is 5.32 Å². The molecule has 1 rings (SSSR count). The molecule has 84 valence electrons. The van der Waals surface area contributed by atoms with Crippen molar-refractivity contribution in [2.45, 2.75) is 30.7 Å². The van der Waals surface area contributed by atoms with Gasteiger partial charge in [0.15, 0.2) is 0 Å². The van der Waals surface area contributed by atoms with Gasteiger partial charge in [0.2, 0.25) is 5.91 Å². The van der Waals surface area contributed by atoms with Gasteiger partial charge in [-0.25, -0.2) is 0 Å². The monoisotopic (exact) mass is 233 g/mol. The molecule has 2 nitrogen and oxygen atoms in total. The number of benzene rings is 1. The molecule has 0 heterocycles. The molecule has 16 heavy (non-hydrogen) atoms. The summed E-state index contributed by atoms with van der Waals surface area (Å²) in [6.07, 6.45) is 5.63. The zero-order chi connectivity index (χ0) is 12.2. The Morgan fingerprint density at radius 2 is 2.00 bits per heavy atom. The van der Waals surface area contributed by atoms with Crippen molar-refractivity contribution < 1.29 is 4.79 Å². The summed E-state index contributed by atoms with van der Waals surface area (Å²) < 4.78 is 0. The van der Waals surface area contributed by atoms with Crippen molar-refractivity contribution in [2.75, 3.05) is 0 Å². The summed E-state index contributed by atoms with van der Waals surface area (Å²) in [4.78, 5) is 12.5. The van der Waals surface area contributed by atoms with Crippen molar-refractivity contribution in [3.05, 3.63) is 29.8 Å². The van der Waals surface area contributed by atoms with Crippen LogP contribution in [0.25, 0.3) is 0 Å². The van der Waals surface area contributed by atoms with Crippen molar-refractivity contribution in [1.29, 1.82) is 0 Å². The fraction of sp³-hybridized carbons (Fsp3) is 0.308. The largest absolute Gasteiger partial charge is 0.340 e. The topological polar surface area (TPSA) is 29.1 Å². The van der Waals surface area contributed by atoms with Gasteiger partial charge in [-0.15, -0.1) is 19.1 Å². The van der Waals surface area contributed by atoms with Crippen LogP contribution in [-0.4, -0.2) is 11.4 Å². The lowest BCUT2D eigenvalue weighted by Crippen LogP contribution is -2.42. The first-order valence-electron chi connectivity index (χ1n) is 4.99. The molecule has 0 spiro atoms. The highest BCUT2D eigenvalue weighted by atomic mass is 32.1. The second-order valence-corrected chi connectivity index (χ2v) is 4.68. The van der Waals surface area contributed by atoms with E-state index in [1.165, 1.54) is 0 Å². The molecule has 1 N–H and O–H groups in total. The molecular weight excluding hydrogens is 218 g/mol. The second-order valence-electron chi connectivity index (χ2n) is 4.16. The van der Waals surface area contributed by atoms with E-state index in [-0.39, 0.29) is 5.91 Å². The first-order chi connectivity index (χ1) is 7.43. The lowest BCUT2D eigenvalue weighted by Gasteiger charge is -2.19. The summed E-state index contributed by atoms with van der Waals surface area (Å²) in [7, 11) is 0. The molecule has 0 aliphatic heterocycles. The molecule has 3 heteroatoms. The van der Waals surface area contributed by atoms with Gasteiger partial charge >= 0.3 is 0 Å². The van der Waals surface area contributed by atoms with Crippen molar-refractivity contribution in [3.63, 3.8) is 0 Å². The highest BCUT2D eigenvalue weighted by Crippen LogP contribution is 2.09. The standard InChI is InChI=1S/C13H15NOS/c1-4-13(2,3)14-12(15)9-10-5-7-11(16)8-6-10/h1,5-8,16H,9H2,2-3H3,(H,14,15). The molecule has 0 aromatic heterocycles. The Balaban J connectivity index is 2.59. The Kier molecular flexibility index (Phi) is 4.03. The maximum Gasteiger partial charge on any atom is 0.225 e. The van der Waals surface area contributed by atoms with E-state index < -0.39 is 5.54 Å². The maximum absolute atomic E-state index is 11.6. The summed E-state index contributed by atoms with van der Waals surface area (Å²) >= 11 is 4.18. The van der Waals surface area contributed by atoms with E-state index >= 15 is 0 Å². The van der Waals surface area contributed by atoms with Crippen LogP contribution in [0.4, 0.5) is 0 Å². The van der Waals surface area contributed by atoms with Crippen LogP contribution in [0, 0.1) is 12.3 Å². The lowest BCUT2D eigenvalue weighted by atomic mass is 10.1. The van der Waals surface area contributed by atoms with E-state index in [9.17, 15) is 4.79 Å². The van der Waals surface area contributed by atoms with Crippen LogP contribution in [-0.2, 0) is 11.2 Å². The van der Waals surface area contributed by atoms with Gasteiger partial charge in [-0.05, 0) is 31.5 Å². The summed E-state index contributed by atoms with van der Waals surface area (Å²) in [6, 6.07) is 7.48. The zero-order valence-corrected chi connectivity index (χ0v) is 10.3. The summed E-state index contributed by atoms with van der Waals surface area (Å²) in [5.41, 5.74) is 0.351. The predicted molar refractivity (Wildman–Crippen MR) is 68.5 cm³/mol. The number of amides is 1. The molecule has 0 saturated carbocycles. The van der Waals surface area contributed by atoms with Crippen molar-refractivity contribution >= 4 is 18.5 Å². The highest BCUT2D eigenvalue weighted by molar-refractivity contribution is 7.80. The normalized spacial score (nSPS) is 10.6. The van der Waals surface area contributed by atoms with Crippen LogP contribution in [0.3, 0.4) is 0 Å². The fourth-order valence-corrected chi connectivity index (χ4v) is 1.38. The number of nitrogens with one attached hydrogen (secondary N) is 1. The third kappa shape index (κ3) is 4.00. The Labute approximate surface area is 102 Å². The van der Waals surface area contributed by atoms with E-state index in [1.54, 1.807) is 13.8 Å². The molecule has 0 bridgehead atoms.